The summed E-state index contributed by atoms with van der Waals surface area (Å²) < 4.78 is 71.2. The molecule has 8 nitrogen and oxygen atoms in total. The Morgan fingerprint density at radius 2 is 1.91 bits per heavy atom. The molecule has 0 radical (unpaired) electrons. The normalized spacial score (nSPS) is 18.4. The molecule has 0 bridgehead atoms. The van der Waals surface area contributed by atoms with Crippen LogP contribution in [0.2, 0.25) is 0 Å². The first kappa shape index (κ1) is 31.0. The van der Waals surface area contributed by atoms with Crippen LogP contribution in [0, 0.1) is 0 Å². The fourth-order valence-corrected chi connectivity index (χ4v) is 6.37. The minimum absolute atomic E-state index is 0.0705. The third-order valence-corrected chi connectivity index (χ3v) is 8.55. The van der Waals surface area contributed by atoms with Gasteiger partial charge in [0.05, 0.1) is 23.8 Å². The lowest BCUT2D eigenvalue weighted by Gasteiger charge is -2.33. The van der Waals surface area contributed by atoms with Crippen LogP contribution < -0.4 is 10.6 Å². The van der Waals surface area contributed by atoms with Gasteiger partial charge in [0, 0.05) is 42.6 Å². The van der Waals surface area contributed by atoms with Crippen molar-refractivity contribution in [2.75, 3.05) is 25.0 Å². The average Bonchev–Trinajstić information content (AvgIpc) is 3.73. The van der Waals surface area contributed by atoms with Crippen LogP contribution >= 0.6 is 11.3 Å². The van der Waals surface area contributed by atoms with Gasteiger partial charge in [0.15, 0.2) is 10.8 Å². The quantitative estimate of drug-likeness (QED) is 0.255. The number of nitrogens with zero attached hydrogens (tertiary/aromatic N) is 4. The topological polar surface area (TPSA) is 92.2 Å². The summed E-state index contributed by atoms with van der Waals surface area (Å²) in [5.74, 6) is -3.87. The monoisotopic (exact) mass is 624 g/mol. The summed E-state index contributed by atoms with van der Waals surface area (Å²) in [5.41, 5.74) is -0.776. The van der Waals surface area contributed by atoms with E-state index < -0.39 is 42.1 Å². The lowest BCUT2D eigenvalue weighted by atomic mass is 10.0. The van der Waals surface area contributed by atoms with E-state index in [9.17, 15) is 31.5 Å². The van der Waals surface area contributed by atoms with Gasteiger partial charge in [-0.05, 0) is 44.4 Å². The minimum atomic E-state index is -4.61. The number of anilines is 1. The van der Waals surface area contributed by atoms with Crippen LogP contribution in [0.25, 0.3) is 11.3 Å². The third kappa shape index (κ3) is 7.96. The molecule has 3 heterocycles. The molecule has 5 rings (SSSR count). The zero-order chi connectivity index (χ0) is 30.6. The van der Waals surface area contributed by atoms with E-state index in [2.05, 4.69) is 20.7 Å². The van der Waals surface area contributed by atoms with Crippen molar-refractivity contribution in [3.63, 3.8) is 0 Å². The van der Waals surface area contributed by atoms with E-state index in [0.717, 1.165) is 31.7 Å². The van der Waals surface area contributed by atoms with Crippen molar-refractivity contribution < 1.29 is 31.5 Å². The molecule has 232 valence electrons. The van der Waals surface area contributed by atoms with Gasteiger partial charge in [0.1, 0.15) is 0 Å². The number of likely N-dealkylation sites (tertiary alicyclic amines) is 1. The summed E-state index contributed by atoms with van der Waals surface area (Å²) in [7, 11) is 0. The Kier molecular flexibility index (Phi) is 9.45. The number of thiazole rings is 1. The summed E-state index contributed by atoms with van der Waals surface area (Å²) in [6, 6.07) is 5.66. The molecular formula is C29H33F5N6O2S. The van der Waals surface area contributed by atoms with E-state index in [-0.39, 0.29) is 48.8 Å². The molecule has 43 heavy (non-hydrogen) atoms. The summed E-state index contributed by atoms with van der Waals surface area (Å²) in [6.07, 6.45) is 0.405. The summed E-state index contributed by atoms with van der Waals surface area (Å²) in [5, 5.41) is 12.0. The van der Waals surface area contributed by atoms with Crippen LogP contribution in [-0.2, 0) is 11.0 Å². The number of benzene rings is 1. The molecule has 2 aliphatic rings. The number of hydrogen-bond donors (Lipinski definition) is 2. The number of carbonyl (C=O) groups is 2. The van der Waals surface area contributed by atoms with Gasteiger partial charge in [-0.2, -0.15) is 18.3 Å². The SMILES string of the molecule is O=C(C[C@H](CCN1CCCC(F)(F)C1)NC(=O)c1cc(-c2ccccc2C(F)(F)F)n(C2CCCC2)n1)Nc1nccs1. The minimum Gasteiger partial charge on any atom is -0.347 e. The molecule has 0 unspecified atom stereocenters. The molecule has 14 heteroatoms. The van der Waals surface area contributed by atoms with Crippen LogP contribution in [0.4, 0.5) is 27.1 Å². The van der Waals surface area contributed by atoms with Crippen LogP contribution in [-0.4, -0.2) is 63.1 Å². The van der Waals surface area contributed by atoms with Gasteiger partial charge in [-0.1, -0.05) is 31.0 Å². The number of carbonyl (C=O) groups excluding carboxylic acids is 2. The number of aromatic nitrogens is 3. The highest BCUT2D eigenvalue weighted by Gasteiger charge is 2.37. The first-order valence-corrected chi connectivity index (χ1v) is 15.2. The zero-order valence-corrected chi connectivity index (χ0v) is 24.2. The van der Waals surface area contributed by atoms with Crippen molar-refractivity contribution in [2.24, 2.45) is 0 Å². The fourth-order valence-electron chi connectivity index (χ4n) is 5.83. The number of nitrogens with one attached hydrogen (secondary N) is 2. The highest BCUT2D eigenvalue weighted by molar-refractivity contribution is 7.13. The molecule has 2 aromatic heterocycles. The van der Waals surface area contributed by atoms with E-state index in [1.54, 1.807) is 10.3 Å². The maximum absolute atomic E-state index is 14.0. The summed E-state index contributed by atoms with van der Waals surface area (Å²) in [4.78, 5) is 31.9. The first-order chi connectivity index (χ1) is 20.5. The molecule has 2 fully saturated rings. The first-order valence-electron chi connectivity index (χ1n) is 14.3. The Bertz CT molecular complexity index is 1400. The predicted octanol–water partition coefficient (Wildman–Crippen LogP) is 6.39. The van der Waals surface area contributed by atoms with Crippen molar-refractivity contribution in [1.82, 2.24) is 25.0 Å². The van der Waals surface area contributed by atoms with E-state index in [4.69, 9.17) is 0 Å². The van der Waals surface area contributed by atoms with Gasteiger partial charge in [0.25, 0.3) is 11.8 Å². The van der Waals surface area contributed by atoms with E-state index in [0.29, 0.717) is 18.1 Å². The van der Waals surface area contributed by atoms with Gasteiger partial charge in [-0.3, -0.25) is 19.2 Å². The second-order valence-electron chi connectivity index (χ2n) is 11.1. The Labute approximate surface area is 249 Å². The van der Waals surface area contributed by atoms with Crippen LogP contribution in [0.3, 0.4) is 0 Å². The van der Waals surface area contributed by atoms with Gasteiger partial charge in [-0.15, -0.1) is 11.3 Å². The van der Waals surface area contributed by atoms with E-state index in [1.165, 1.54) is 46.5 Å². The zero-order valence-electron chi connectivity index (χ0n) is 23.4. The number of hydrogen-bond acceptors (Lipinski definition) is 6. The molecule has 0 spiro atoms. The summed E-state index contributed by atoms with van der Waals surface area (Å²) >= 11 is 1.23. The lowest BCUT2D eigenvalue weighted by Crippen LogP contribution is -2.45. The number of rotatable bonds is 10. The van der Waals surface area contributed by atoms with Crippen molar-refractivity contribution in [3.05, 3.63) is 53.2 Å². The second-order valence-corrected chi connectivity index (χ2v) is 12.0. The Balaban J connectivity index is 1.38. The largest absolute Gasteiger partial charge is 0.417 e. The second kappa shape index (κ2) is 13.1. The van der Waals surface area contributed by atoms with Crippen molar-refractivity contribution >= 4 is 28.3 Å². The molecule has 1 aromatic carbocycles. The van der Waals surface area contributed by atoms with Crippen LogP contribution in [0.5, 0.6) is 0 Å². The number of amides is 2. The fraction of sp³-hybridized carbons (Fsp3) is 0.517. The lowest BCUT2D eigenvalue weighted by molar-refractivity contribution is -0.137. The molecule has 1 atom stereocenters. The third-order valence-electron chi connectivity index (χ3n) is 7.86. The van der Waals surface area contributed by atoms with Crippen molar-refractivity contribution in [2.45, 2.75) is 75.5 Å². The van der Waals surface area contributed by atoms with Crippen LogP contribution in [0.15, 0.2) is 41.9 Å². The average molecular weight is 625 g/mol. The van der Waals surface area contributed by atoms with Crippen molar-refractivity contribution in [3.8, 4) is 11.3 Å². The van der Waals surface area contributed by atoms with Crippen molar-refractivity contribution in [1.29, 1.82) is 0 Å². The number of halogens is 5. The maximum Gasteiger partial charge on any atom is 0.417 e. The number of piperidine rings is 1. The predicted molar refractivity (Wildman–Crippen MR) is 152 cm³/mol. The molecule has 1 saturated carbocycles. The standard InChI is InChI=1S/C29H33F5N6O2S/c30-28(31)11-5-13-39(18-28)14-10-19(16-25(41)37-27-35-12-15-43-27)36-26(42)23-17-24(40(38-23)20-6-1-2-7-20)21-8-3-4-9-22(21)29(32,33)34/h3-4,8-9,12,15,17,19-20H,1-2,5-7,10-11,13-14,16,18H2,(H,36,42)(H,35,37,41)/t19-/m0/s1. The van der Waals surface area contributed by atoms with Crippen LogP contribution in [0.1, 0.15) is 73.5 Å². The molecule has 1 saturated heterocycles. The highest BCUT2D eigenvalue weighted by atomic mass is 32.1. The Morgan fingerprint density at radius 3 is 2.60 bits per heavy atom. The van der Waals surface area contributed by atoms with Gasteiger partial charge < -0.3 is 10.6 Å². The smallest absolute Gasteiger partial charge is 0.347 e. The van der Waals surface area contributed by atoms with E-state index in [1.807, 2.05) is 0 Å². The number of alkyl halides is 5. The van der Waals surface area contributed by atoms with Gasteiger partial charge in [0.2, 0.25) is 5.91 Å². The molecular weight excluding hydrogens is 591 g/mol. The van der Waals surface area contributed by atoms with Gasteiger partial charge >= 0.3 is 6.18 Å². The van der Waals surface area contributed by atoms with E-state index >= 15 is 0 Å². The Morgan fingerprint density at radius 1 is 1.14 bits per heavy atom. The molecule has 2 N–H and O–H groups in total. The maximum atomic E-state index is 14.0. The van der Waals surface area contributed by atoms with Gasteiger partial charge in [-0.25, -0.2) is 13.8 Å². The molecule has 3 aromatic rings. The molecule has 1 aliphatic carbocycles. The highest BCUT2D eigenvalue weighted by Crippen LogP contribution is 2.40. The Hall–Kier alpha value is -3.39. The summed E-state index contributed by atoms with van der Waals surface area (Å²) in [6.45, 7) is 0.313. The molecule has 2 amide bonds. The molecule has 1 aliphatic heterocycles.